The number of nitrogens with zero attached hydrogens (tertiary/aromatic N) is 4. The maximum atomic E-state index is 12.7. The van der Waals surface area contributed by atoms with Gasteiger partial charge < -0.3 is 10.2 Å². The predicted molar refractivity (Wildman–Crippen MR) is 118 cm³/mol. The van der Waals surface area contributed by atoms with Gasteiger partial charge in [0.05, 0.1) is 11.4 Å². The van der Waals surface area contributed by atoms with Crippen molar-refractivity contribution in [2.24, 2.45) is 0 Å². The molecule has 0 aromatic carbocycles. The van der Waals surface area contributed by atoms with Crippen molar-refractivity contribution in [3.63, 3.8) is 0 Å². The molecule has 7 heteroatoms. The van der Waals surface area contributed by atoms with Crippen LogP contribution in [0.4, 0.5) is 5.82 Å². The van der Waals surface area contributed by atoms with Crippen LogP contribution in [-0.2, 0) is 17.6 Å². The number of fused-ring (bicyclic) bond motifs is 3. The Labute approximate surface area is 176 Å². The van der Waals surface area contributed by atoms with Gasteiger partial charge in [0.1, 0.15) is 17.0 Å². The molecule has 1 saturated heterocycles. The Morgan fingerprint density at radius 2 is 1.86 bits per heavy atom. The first-order chi connectivity index (χ1) is 14.2. The number of carbonyl (C=O) groups excluding carboxylic acids is 1. The smallest absolute Gasteiger partial charge is 0.237 e. The molecule has 2 aromatic rings. The topological polar surface area (TPSA) is 61.4 Å². The van der Waals surface area contributed by atoms with Crippen molar-refractivity contribution < 1.29 is 4.79 Å². The van der Waals surface area contributed by atoms with Crippen LogP contribution in [0.2, 0.25) is 0 Å². The van der Waals surface area contributed by atoms with E-state index in [-0.39, 0.29) is 11.9 Å². The average molecular weight is 414 g/mol. The van der Waals surface area contributed by atoms with Crippen LogP contribution in [0.1, 0.15) is 55.9 Å². The molecule has 1 saturated carbocycles. The second-order valence-corrected chi connectivity index (χ2v) is 9.86. The Hall–Kier alpha value is -1.73. The van der Waals surface area contributed by atoms with Crippen LogP contribution in [0.5, 0.6) is 0 Å². The number of aromatic nitrogens is 2. The molecule has 1 aliphatic heterocycles. The summed E-state index contributed by atoms with van der Waals surface area (Å²) in [5.74, 6) is 1.30. The molecule has 3 heterocycles. The minimum Gasteiger partial charge on any atom is -0.353 e. The Bertz CT molecular complexity index is 883. The zero-order valence-electron chi connectivity index (χ0n) is 17.3. The van der Waals surface area contributed by atoms with E-state index in [2.05, 4.69) is 27.0 Å². The number of anilines is 1. The Morgan fingerprint density at radius 1 is 1.10 bits per heavy atom. The minimum absolute atomic E-state index is 0.0583. The highest BCUT2D eigenvalue weighted by atomic mass is 32.1. The molecule has 1 N–H and O–H groups in total. The first kappa shape index (κ1) is 19.2. The fourth-order valence-corrected chi connectivity index (χ4v) is 6.42. The summed E-state index contributed by atoms with van der Waals surface area (Å²) in [5, 5.41) is 4.56. The first-order valence-corrected chi connectivity index (χ1v) is 12.1. The van der Waals surface area contributed by atoms with Gasteiger partial charge in [-0.2, -0.15) is 0 Å². The van der Waals surface area contributed by atoms with Gasteiger partial charge in [-0.25, -0.2) is 9.97 Å². The zero-order valence-corrected chi connectivity index (χ0v) is 18.1. The Morgan fingerprint density at radius 3 is 2.66 bits per heavy atom. The molecule has 6 nitrogen and oxygen atoms in total. The standard InChI is InChI=1S/C22H31N5OS/c1-15(21(28)25-16-6-2-3-7-16)26-10-12-27(13-11-26)20-19-17-8-4-5-9-18(17)29-22(19)24-14-23-20/h14-16H,2-13H2,1H3,(H,25,28). The molecule has 1 amide bonds. The lowest BCUT2D eigenvalue weighted by Crippen LogP contribution is -2.55. The predicted octanol–water partition coefficient (Wildman–Crippen LogP) is 3.14. The van der Waals surface area contributed by atoms with Gasteiger partial charge in [0.2, 0.25) is 5.91 Å². The fraction of sp³-hybridized carbons (Fsp3) is 0.682. The summed E-state index contributed by atoms with van der Waals surface area (Å²) in [4.78, 5) is 29.3. The van der Waals surface area contributed by atoms with Crippen molar-refractivity contribution >= 4 is 33.3 Å². The van der Waals surface area contributed by atoms with E-state index in [9.17, 15) is 4.79 Å². The molecular formula is C22H31N5OS. The number of rotatable bonds is 4. The van der Waals surface area contributed by atoms with Gasteiger partial charge in [-0.05, 0) is 51.0 Å². The van der Waals surface area contributed by atoms with Gasteiger partial charge in [0.15, 0.2) is 0 Å². The zero-order chi connectivity index (χ0) is 19.8. The highest BCUT2D eigenvalue weighted by molar-refractivity contribution is 7.19. The molecular weight excluding hydrogens is 382 g/mol. The third-order valence-electron chi connectivity index (χ3n) is 6.97. The van der Waals surface area contributed by atoms with Crippen LogP contribution in [0.25, 0.3) is 10.2 Å². The van der Waals surface area contributed by atoms with E-state index in [1.54, 1.807) is 6.33 Å². The van der Waals surface area contributed by atoms with Crippen LogP contribution in [0.3, 0.4) is 0 Å². The van der Waals surface area contributed by atoms with E-state index in [0.717, 1.165) is 56.1 Å². The van der Waals surface area contributed by atoms with E-state index in [4.69, 9.17) is 4.98 Å². The average Bonchev–Trinajstić information content (AvgIpc) is 3.40. The molecule has 0 spiro atoms. The van der Waals surface area contributed by atoms with Crippen molar-refractivity contribution in [1.82, 2.24) is 20.2 Å². The van der Waals surface area contributed by atoms with Crippen molar-refractivity contribution in [2.45, 2.75) is 70.4 Å². The van der Waals surface area contributed by atoms with Gasteiger partial charge in [-0.1, -0.05) is 12.8 Å². The Balaban J connectivity index is 1.27. The highest BCUT2D eigenvalue weighted by Gasteiger charge is 2.29. The van der Waals surface area contributed by atoms with Crippen LogP contribution >= 0.6 is 11.3 Å². The second kappa shape index (κ2) is 8.19. The van der Waals surface area contributed by atoms with Gasteiger partial charge in [-0.15, -0.1) is 11.3 Å². The van der Waals surface area contributed by atoms with Crippen LogP contribution in [-0.4, -0.2) is 59.0 Å². The molecule has 0 bridgehead atoms. The summed E-state index contributed by atoms with van der Waals surface area (Å²) in [6, 6.07) is 0.336. The molecule has 2 aromatic heterocycles. The molecule has 29 heavy (non-hydrogen) atoms. The van der Waals surface area contributed by atoms with Crippen molar-refractivity contribution in [3.05, 3.63) is 16.8 Å². The summed E-state index contributed by atoms with van der Waals surface area (Å²) < 4.78 is 0. The lowest BCUT2D eigenvalue weighted by atomic mass is 9.97. The lowest BCUT2D eigenvalue weighted by Gasteiger charge is -2.38. The number of carbonyl (C=O) groups is 1. The number of thiophene rings is 1. The second-order valence-electron chi connectivity index (χ2n) is 8.78. The summed E-state index contributed by atoms with van der Waals surface area (Å²) in [6.07, 6.45) is 11.4. The number of nitrogens with one attached hydrogen (secondary N) is 1. The Kier molecular flexibility index (Phi) is 5.43. The van der Waals surface area contributed by atoms with Gasteiger partial charge in [-0.3, -0.25) is 9.69 Å². The van der Waals surface area contributed by atoms with E-state index in [1.165, 1.54) is 47.9 Å². The highest BCUT2D eigenvalue weighted by Crippen LogP contribution is 2.39. The van der Waals surface area contributed by atoms with E-state index in [0.29, 0.717) is 6.04 Å². The third-order valence-corrected chi connectivity index (χ3v) is 8.17. The summed E-state index contributed by atoms with van der Waals surface area (Å²) >= 11 is 1.86. The van der Waals surface area contributed by atoms with Crippen LogP contribution in [0, 0.1) is 0 Å². The summed E-state index contributed by atoms with van der Waals surface area (Å²) in [6.45, 7) is 5.68. The minimum atomic E-state index is -0.0583. The van der Waals surface area contributed by atoms with Crippen molar-refractivity contribution in [2.75, 3.05) is 31.1 Å². The number of hydrogen-bond donors (Lipinski definition) is 1. The lowest BCUT2D eigenvalue weighted by molar-refractivity contribution is -0.126. The number of aryl methyl sites for hydroxylation is 2. The first-order valence-electron chi connectivity index (χ1n) is 11.3. The molecule has 2 aliphatic carbocycles. The van der Waals surface area contributed by atoms with Crippen LogP contribution in [0.15, 0.2) is 6.33 Å². The van der Waals surface area contributed by atoms with Gasteiger partial charge in [0, 0.05) is 37.1 Å². The maximum absolute atomic E-state index is 12.7. The molecule has 0 radical (unpaired) electrons. The maximum Gasteiger partial charge on any atom is 0.237 e. The summed E-state index contributed by atoms with van der Waals surface area (Å²) in [5.41, 5.74) is 1.50. The fourth-order valence-electron chi connectivity index (χ4n) is 5.19. The molecule has 156 valence electrons. The number of hydrogen-bond acceptors (Lipinski definition) is 6. The van der Waals surface area contributed by atoms with Crippen LogP contribution < -0.4 is 10.2 Å². The molecule has 1 atom stereocenters. The van der Waals surface area contributed by atoms with Crippen molar-refractivity contribution in [3.8, 4) is 0 Å². The van der Waals surface area contributed by atoms with E-state index >= 15 is 0 Å². The van der Waals surface area contributed by atoms with E-state index < -0.39 is 0 Å². The van der Waals surface area contributed by atoms with E-state index in [1.807, 2.05) is 11.3 Å². The van der Waals surface area contributed by atoms with Gasteiger partial charge in [0.25, 0.3) is 0 Å². The molecule has 3 aliphatic rings. The quantitative estimate of drug-likeness (QED) is 0.834. The number of piperazine rings is 1. The van der Waals surface area contributed by atoms with Gasteiger partial charge >= 0.3 is 0 Å². The monoisotopic (exact) mass is 413 g/mol. The largest absolute Gasteiger partial charge is 0.353 e. The summed E-state index contributed by atoms with van der Waals surface area (Å²) in [7, 11) is 0. The third kappa shape index (κ3) is 3.75. The SMILES string of the molecule is CC(C(=O)NC1CCCC1)N1CCN(c2ncnc3sc4c(c23)CCCC4)CC1. The molecule has 5 rings (SSSR count). The molecule has 2 fully saturated rings. The van der Waals surface area contributed by atoms with Crippen molar-refractivity contribution in [1.29, 1.82) is 0 Å². The normalized spacial score (nSPS) is 22.0. The molecule has 1 unspecified atom stereocenters. The number of amides is 1.